The number of ether oxygens (including phenoxy) is 10. The first-order chi connectivity index (χ1) is 35.5. The molecule has 1 aromatic carbocycles. The fraction of sp³-hybridized carbons (Fsp3) is 0.712. The lowest BCUT2D eigenvalue weighted by atomic mass is 9.74. The Morgan fingerprint density at radius 1 is 0.671 bits per heavy atom. The average molecular weight is 1050 g/mol. The molecule has 2 aromatic heterocycles. The molecule has 0 bridgehead atoms. The SMILES string of the molecule is COC(=O)CCN1CCN(CCOCCOCCOCCOCCOCCOCCOCCOCCCCn2c(CN3C(=O)C4(CCN(C(=O)OC(C)(C)C)CC4)c4ccncc43)nc3cc(Cl)ccc32)CC1. The van der Waals surface area contributed by atoms with Crippen molar-refractivity contribution in [3.05, 3.63) is 53.1 Å². The van der Waals surface area contributed by atoms with Crippen molar-refractivity contribution in [1.82, 2.24) is 29.2 Å². The van der Waals surface area contributed by atoms with Gasteiger partial charge in [-0.05, 0) is 76.3 Å². The zero-order valence-electron chi connectivity index (χ0n) is 43.7. The maximum absolute atomic E-state index is 14.5. The summed E-state index contributed by atoms with van der Waals surface area (Å²) in [5.41, 5.74) is 2.11. The van der Waals surface area contributed by atoms with Crippen molar-refractivity contribution in [2.75, 3.05) is 170 Å². The number of carbonyl (C=O) groups excluding carboxylic acids is 3. The number of carbonyl (C=O) groups is 3. The van der Waals surface area contributed by atoms with Crippen LogP contribution in [0.3, 0.4) is 0 Å². The molecule has 2 saturated heterocycles. The molecule has 0 radical (unpaired) electrons. The summed E-state index contributed by atoms with van der Waals surface area (Å²) in [6.07, 6.45) is 6.25. The van der Waals surface area contributed by atoms with Gasteiger partial charge in [0.15, 0.2) is 0 Å². The number of hydrogen-bond acceptors (Lipinski definition) is 17. The number of amides is 2. The molecule has 21 heteroatoms. The number of esters is 1. The molecule has 20 nitrogen and oxygen atoms in total. The minimum Gasteiger partial charge on any atom is -0.469 e. The largest absolute Gasteiger partial charge is 0.469 e. The van der Waals surface area contributed by atoms with E-state index in [1.165, 1.54) is 7.11 Å². The average Bonchev–Trinajstić information content (AvgIpc) is 3.83. The first kappa shape index (κ1) is 58.2. The number of piperazine rings is 1. The number of halogens is 1. The molecular formula is C52H80ClN7O13. The van der Waals surface area contributed by atoms with E-state index in [4.69, 9.17) is 64.0 Å². The maximum atomic E-state index is 14.5. The molecular weight excluding hydrogens is 966 g/mol. The van der Waals surface area contributed by atoms with Gasteiger partial charge in [-0.1, -0.05) is 11.6 Å². The summed E-state index contributed by atoms with van der Waals surface area (Å²) in [5, 5.41) is 0.598. The van der Waals surface area contributed by atoms with E-state index in [1.54, 1.807) is 17.3 Å². The summed E-state index contributed by atoms with van der Waals surface area (Å²) < 4.78 is 57.7. The third-order valence-electron chi connectivity index (χ3n) is 13.0. The first-order valence-electron chi connectivity index (χ1n) is 26.0. The third kappa shape index (κ3) is 18.9. The highest BCUT2D eigenvalue weighted by Crippen LogP contribution is 2.48. The molecule has 3 aliphatic heterocycles. The van der Waals surface area contributed by atoms with Gasteiger partial charge in [0.2, 0.25) is 5.91 Å². The zero-order chi connectivity index (χ0) is 51.7. The number of aromatic nitrogens is 3. The van der Waals surface area contributed by atoms with Crippen molar-refractivity contribution in [3.8, 4) is 0 Å². The van der Waals surface area contributed by atoms with Crippen LogP contribution in [0.25, 0.3) is 11.0 Å². The van der Waals surface area contributed by atoms with Crippen molar-refractivity contribution in [2.24, 2.45) is 0 Å². The Labute approximate surface area is 436 Å². The second-order valence-electron chi connectivity index (χ2n) is 19.3. The quantitative estimate of drug-likeness (QED) is 0.0574. The number of nitrogens with zero attached hydrogens (tertiary/aromatic N) is 7. The third-order valence-corrected chi connectivity index (χ3v) is 13.3. The normalized spacial score (nSPS) is 16.3. The predicted octanol–water partition coefficient (Wildman–Crippen LogP) is 4.99. The molecule has 2 fully saturated rings. The number of anilines is 1. The molecule has 3 aliphatic rings. The fourth-order valence-electron chi connectivity index (χ4n) is 9.09. The molecule has 0 aliphatic carbocycles. The van der Waals surface area contributed by atoms with Crippen molar-refractivity contribution >= 4 is 46.3 Å². The number of likely N-dealkylation sites (tertiary alicyclic amines) is 1. The number of imidazole rings is 1. The molecule has 408 valence electrons. The van der Waals surface area contributed by atoms with Crippen LogP contribution in [-0.4, -0.2) is 218 Å². The summed E-state index contributed by atoms with van der Waals surface area (Å²) in [5.74, 6) is 0.611. The number of unbranched alkanes of at least 4 members (excludes halogenated alkanes) is 1. The van der Waals surface area contributed by atoms with Crippen molar-refractivity contribution in [1.29, 1.82) is 0 Å². The number of pyridine rings is 1. The van der Waals surface area contributed by atoms with Crippen LogP contribution in [0, 0.1) is 0 Å². The molecule has 1 spiro atoms. The van der Waals surface area contributed by atoms with Crippen LogP contribution in [0.2, 0.25) is 5.02 Å². The van der Waals surface area contributed by atoms with Crippen LogP contribution in [0.1, 0.15) is 64.3 Å². The highest BCUT2D eigenvalue weighted by molar-refractivity contribution is 6.31. The zero-order valence-corrected chi connectivity index (χ0v) is 44.5. The highest BCUT2D eigenvalue weighted by atomic mass is 35.5. The summed E-state index contributed by atoms with van der Waals surface area (Å²) in [6.45, 7) is 21.1. The van der Waals surface area contributed by atoms with E-state index in [0.717, 1.165) is 80.2 Å². The second kappa shape index (κ2) is 31.1. The van der Waals surface area contributed by atoms with Gasteiger partial charge in [-0.3, -0.25) is 19.5 Å². The molecule has 0 unspecified atom stereocenters. The van der Waals surface area contributed by atoms with Gasteiger partial charge in [0.25, 0.3) is 0 Å². The molecule has 5 heterocycles. The molecule has 0 atom stereocenters. The van der Waals surface area contributed by atoms with Gasteiger partial charge in [-0.15, -0.1) is 0 Å². The van der Waals surface area contributed by atoms with E-state index in [2.05, 4.69) is 19.4 Å². The Kier molecular flexibility index (Phi) is 24.8. The van der Waals surface area contributed by atoms with E-state index in [0.29, 0.717) is 150 Å². The molecule has 0 saturated carbocycles. The van der Waals surface area contributed by atoms with E-state index in [9.17, 15) is 14.4 Å². The minimum atomic E-state index is -0.749. The van der Waals surface area contributed by atoms with Gasteiger partial charge < -0.3 is 66.6 Å². The molecule has 0 N–H and O–H groups in total. The standard InChI is InChI=1S/C52H80ClN7O13/c1-51(2,3)73-50(63)58-16-11-52(12-17-58)43-9-13-54-40-46(43)60(49(52)62)41-47-55-44-39-42(53)7-8-45(44)59(47)14-5-6-23-65-25-27-67-29-31-69-33-35-71-37-38-72-36-34-70-32-30-68-28-26-66-24-22-57-20-18-56(19-21-57)15-10-48(61)64-4/h7-9,13,39-40H,5-6,10-12,14-38,41H2,1-4H3. The van der Waals surface area contributed by atoms with Gasteiger partial charge in [-0.2, -0.15) is 0 Å². The number of methoxy groups -OCH3 is 1. The topological polar surface area (TPSA) is 187 Å². The Morgan fingerprint density at radius 2 is 1.21 bits per heavy atom. The van der Waals surface area contributed by atoms with E-state index >= 15 is 0 Å². The van der Waals surface area contributed by atoms with Gasteiger partial charge in [0.1, 0.15) is 11.4 Å². The monoisotopic (exact) mass is 1050 g/mol. The minimum absolute atomic E-state index is 0.00500. The van der Waals surface area contributed by atoms with Gasteiger partial charge in [-0.25, -0.2) is 9.78 Å². The number of fused-ring (bicyclic) bond motifs is 3. The van der Waals surface area contributed by atoms with Crippen LogP contribution in [0.15, 0.2) is 36.7 Å². The summed E-state index contributed by atoms with van der Waals surface area (Å²) in [4.78, 5) is 56.3. The van der Waals surface area contributed by atoms with E-state index < -0.39 is 11.0 Å². The molecule has 73 heavy (non-hydrogen) atoms. The maximum Gasteiger partial charge on any atom is 0.410 e. The summed E-state index contributed by atoms with van der Waals surface area (Å²) in [7, 11) is 1.43. The van der Waals surface area contributed by atoms with Crippen molar-refractivity contribution in [3.63, 3.8) is 0 Å². The molecule has 3 aromatic rings. The van der Waals surface area contributed by atoms with Crippen LogP contribution in [0.4, 0.5) is 10.5 Å². The van der Waals surface area contributed by atoms with Crippen LogP contribution in [-0.2, 0) is 75.5 Å². The first-order valence-corrected chi connectivity index (χ1v) is 26.4. The summed E-state index contributed by atoms with van der Waals surface area (Å²) in [6, 6.07) is 7.64. The predicted molar refractivity (Wildman–Crippen MR) is 274 cm³/mol. The second-order valence-corrected chi connectivity index (χ2v) is 19.7. The van der Waals surface area contributed by atoms with Crippen LogP contribution < -0.4 is 4.90 Å². The number of benzene rings is 1. The Balaban J connectivity index is 0.730. The number of piperidine rings is 1. The Hall–Kier alpha value is -4.06. The number of rotatable bonds is 34. The Morgan fingerprint density at radius 3 is 1.75 bits per heavy atom. The van der Waals surface area contributed by atoms with Crippen molar-refractivity contribution < 1.29 is 61.8 Å². The smallest absolute Gasteiger partial charge is 0.410 e. The molecule has 6 rings (SSSR count). The number of hydrogen-bond donors (Lipinski definition) is 0. The van der Waals surface area contributed by atoms with Crippen molar-refractivity contribution in [2.45, 2.75) is 77.0 Å². The lowest BCUT2D eigenvalue weighted by molar-refractivity contribution is -0.141. The number of aryl methyl sites for hydroxylation is 1. The lowest BCUT2D eigenvalue weighted by Gasteiger charge is -2.38. The Bertz CT molecular complexity index is 2110. The molecule has 2 amide bonds. The van der Waals surface area contributed by atoms with E-state index in [-0.39, 0.29) is 24.5 Å². The fourth-order valence-corrected chi connectivity index (χ4v) is 9.25. The van der Waals surface area contributed by atoms with Crippen LogP contribution >= 0.6 is 11.6 Å². The van der Waals surface area contributed by atoms with Gasteiger partial charge >= 0.3 is 12.1 Å². The van der Waals surface area contributed by atoms with E-state index in [1.807, 2.05) is 49.9 Å². The van der Waals surface area contributed by atoms with Gasteiger partial charge in [0.05, 0.1) is 148 Å². The van der Waals surface area contributed by atoms with Crippen LogP contribution in [0.5, 0.6) is 0 Å². The summed E-state index contributed by atoms with van der Waals surface area (Å²) >= 11 is 6.40. The highest BCUT2D eigenvalue weighted by Gasteiger charge is 2.53. The van der Waals surface area contributed by atoms with Gasteiger partial charge in [0, 0.05) is 76.7 Å². The lowest BCUT2D eigenvalue weighted by Crippen LogP contribution is -2.51.